The highest BCUT2D eigenvalue weighted by Crippen LogP contribution is 2.26. The van der Waals surface area contributed by atoms with Gasteiger partial charge in [0.25, 0.3) is 0 Å². The summed E-state index contributed by atoms with van der Waals surface area (Å²) in [6.07, 6.45) is 6.48. The Kier molecular flexibility index (Phi) is 5.12. The van der Waals surface area contributed by atoms with Gasteiger partial charge >= 0.3 is 5.97 Å². The molecule has 4 heteroatoms. The molecule has 0 saturated heterocycles. The Balaban J connectivity index is 1.90. The molecule has 1 atom stereocenters. The van der Waals surface area contributed by atoms with Crippen LogP contribution in [0.2, 0.25) is 0 Å². The molecule has 2 rings (SSSR count). The lowest BCUT2D eigenvalue weighted by atomic mass is 9.84. The highest BCUT2D eigenvalue weighted by molar-refractivity contribution is 5.87. The predicted molar refractivity (Wildman–Crippen MR) is 76.2 cm³/mol. The van der Waals surface area contributed by atoms with Crippen LogP contribution in [0.1, 0.15) is 54.9 Å². The lowest BCUT2D eigenvalue weighted by molar-refractivity contribution is 0.0692. The Bertz CT molecular complexity index is 470. The minimum atomic E-state index is -1.22. The fourth-order valence-electron chi connectivity index (χ4n) is 2.92. The normalized spacial score (nSPS) is 17.9. The monoisotopic (exact) mass is 279 g/mol. The summed E-state index contributed by atoms with van der Waals surface area (Å²) in [5, 5.41) is 12.2. The zero-order chi connectivity index (χ0) is 14.5. The minimum Gasteiger partial charge on any atom is -0.478 e. The van der Waals surface area contributed by atoms with Gasteiger partial charge in [-0.3, -0.25) is 0 Å². The topological polar surface area (TPSA) is 49.3 Å². The lowest BCUT2D eigenvalue weighted by Gasteiger charge is -2.28. The van der Waals surface area contributed by atoms with Crippen LogP contribution in [0.5, 0.6) is 0 Å². The number of carbonyl (C=O) groups is 1. The van der Waals surface area contributed by atoms with Gasteiger partial charge in [-0.25, -0.2) is 9.18 Å². The molecule has 0 radical (unpaired) electrons. The van der Waals surface area contributed by atoms with Crippen LogP contribution in [-0.2, 0) is 6.54 Å². The van der Waals surface area contributed by atoms with Gasteiger partial charge in [0.05, 0.1) is 5.56 Å². The van der Waals surface area contributed by atoms with Gasteiger partial charge in [0, 0.05) is 12.6 Å². The Hall–Kier alpha value is -1.42. The Morgan fingerprint density at radius 1 is 1.40 bits per heavy atom. The Morgan fingerprint density at radius 2 is 2.10 bits per heavy atom. The van der Waals surface area contributed by atoms with Crippen molar-refractivity contribution in [2.45, 2.75) is 51.6 Å². The van der Waals surface area contributed by atoms with Crippen LogP contribution >= 0.6 is 0 Å². The van der Waals surface area contributed by atoms with E-state index in [4.69, 9.17) is 5.11 Å². The molecule has 0 aromatic heterocycles. The molecule has 20 heavy (non-hydrogen) atoms. The first kappa shape index (κ1) is 15.0. The average Bonchev–Trinajstić information content (AvgIpc) is 2.45. The number of nitrogens with one attached hydrogen (secondary N) is 1. The maximum Gasteiger partial charge on any atom is 0.338 e. The van der Waals surface area contributed by atoms with Crippen LogP contribution < -0.4 is 5.32 Å². The maximum atomic E-state index is 13.6. The fraction of sp³-hybridized carbons (Fsp3) is 0.562. The van der Waals surface area contributed by atoms with E-state index in [1.165, 1.54) is 44.2 Å². The molecular weight excluding hydrogens is 257 g/mol. The van der Waals surface area contributed by atoms with E-state index in [1.807, 2.05) is 0 Å². The molecule has 0 bridgehead atoms. The second-order valence-corrected chi connectivity index (χ2v) is 5.69. The summed E-state index contributed by atoms with van der Waals surface area (Å²) in [5.41, 5.74) is 0.518. The van der Waals surface area contributed by atoms with Crippen molar-refractivity contribution >= 4 is 5.97 Å². The molecule has 110 valence electrons. The average molecular weight is 279 g/mol. The number of benzene rings is 1. The first-order chi connectivity index (χ1) is 9.58. The lowest BCUT2D eigenvalue weighted by Crippen LogP contribution is -2.34. The van der Waals surface area contributed by atoms with Gasteiger partial charge in [-0.1, -0.05) is 25.3 Å². The van der Waals surface area contributed by atoms with Crippen molar-refractivity contribution in [3.05, 3.63) is 35.1 Å². The molecule has 1 aromatic rings. The smallest absolute Gasteiger partial charge is 0.338 e. The number of halogens is 1. The largest absolute Gasteiger partial charge is 0.478 e. The standard InChI is InChI=1S/C16H22FNO2/c1-11(13-5-3-2-4-6-13)18-10-12-7-8-14(16(19)20)15(17)9-12/h7-9,11,13,18H,2-6,10H2,1H3,(H,19,20)/t11-/m1/s1. The van der Waals surface area contributed by atoms with E-state index in [-0.39, 0.29) is 5.56 Å². The van der Waals surface area contributed by atoms with E-state index < -0.39 is 11.8 Å². The van der Waals surface area contributed by atoms with Gasteiger partial charge in [0.1, 0.15) is 5.82 Å². The van der Waals surface area contributed by atoms with Gasteiger partial charge in [0.15, 0.2) is 0 Å². The van der Waals surface area contributed by atoms with Gasteiger partial charge in [-0.05, 0) is 43.4 Å². The quantitative estimate of drug-likeness (QED) is 0.866. The molecule has 1 aliphatic carbocycles. The van der Waals surface area contributed by atoms with Gasteiger partial charge in [-0.2, -0.15) is 0 Å². The molecule has 0 heterocycles. The maximum absolute atomic E-state index is 13.6. The third-order valence-corrected chi connectivity index (χ3v) is 4.25. The zero-order valence-corrected chi connectivity index (χ0v) is 11.9. The van der Waals surface area contributed by atoms with Crippen LogP contribution in [-0.4, -0.2) is 17.1 Å². The van der Waals surface area contributed by atoms with Gasteiger partial charge in [0.2, 0.25) is 0 Å². The molecule has 1 fully saturated rings. The van der Waals surface area contributed by atoms with Crippen molar-refractivity contribution in [2.24, 2.45) is 5.92 Å². The van der Waals surface area contributed by atoms with Crippen molar-refractivity contribution in [3.63, 3.8) is 0 Å². The summed E-state index contributed by atoms with van der Waals surface area (Å²) in [4.78, 5) is 10.8. The SMILES string of the molecule is C[C@@H](NCc1ccc(C(=O)O)c(F)c1)C1CCCCC1. The number of hydrogen-bond acceptors (Lipinski definition) is 2. The molecular formula is C16H22FNO2. The third-order valence-electron chi connectivity index (χ3n) is 4.25. The van der Waals surface area contributed by atoms with E-state index in [1.54, 1.807) is 6.07 Å². The summed E-state index contributed by atoms with van der Waals surface area (Å²) in [6, 6.07) is 4.73. The fourth-order valence-corrected chi connectivity index (χ4v) is 2.92. The highest BCUT2D eigenvalue weighted by atomic mass is 19.1. The molecule has 3 nitrogen and oxygen atoms in total. The first-order valence-corrected chi connectivity index (χ1v) is 7.33. The first-order valence-electron chi connectivity index (χ1n) is 7.33. The predicted octanol–water partition coefficient (Wildman–Crippen LogP) is 3.58. The minimum absolute atomic E-state index is 0.269. The van der Waals surface area contributed by atoms with Crippen LogP contribution in [0.3, 0.4) is 0 Å². The molecule has 0 unspecified atom stereocenters. The second kappa shape index (κ2) is 6.84. The number of hydrogen-bond donors (Lipinski definition) is 2. The Labute approximate surface area is 119 Å². The molecule has 2 N–H and O–H groups in total. The van der Waals surface area contributed by atoms with E-state index >= 15 is 0 Å². The van der Waals surface area contributed by atoms with Crippen LogP contribution in [0.15, 0.2) is 18.2 Å². The number of carboxylic acid groups (broad SMARTS) is 1. The summed E-state index contributed by atoms with van der Waals surface area (Å²) in [6.45, 7) is 2.76. The van der Waals surface area contributed by atoms with Crippen molar-refractivity contribution in [2.75, 3.05) is 0 Å². The number of rotatable bonds is 5. The van der Waals surface area contributed by atoms with Crippen LogP contribution in [0.4, 0.5) is 4.39 Å². The van der Waals surface area contributed by atoms with Crippen molar-refractivity contribution in [3.8, 4) is 0 Å². The zero-order valence-electron chi connectivity index (χ0n) is 11.9. The third kappa shape index (κ3) is 3.79. The van der Waals surface area contributed by atoms with Crippen molar-refractivity contribution < 1.29 is 14.3 Å². The van der Waals surface area contributed by atoms with E-state index in [2.05, 4.69) is 12.2 Å². The molecule has 0 aliphatic heterocycles. The molecule has 0 amide bonds. The summed E-state index contributed by atoms with van der Waals surface area (Å²) < 4.78 is 13.6. The van der Waals surface area contributed by atoms with E-state index in [0.29, 0.717) is 18.5 Å². The Morgan fingerprint density at radius 3 is 2.70 bits per heavy atom. The molecule has 0 spiro atoms. The molecule has 1 aliphatic rings. The van der Waals surface area contributed by atoms with Crippen molar-refractivity contribution in [1.29, 1.82) is 0 Å². The summed E-state index contributed by atoms with van der Waals surface area (Å²) in [5.74, 6) is -1.19. The van der Waals surface area contributed by atoms with E-state index in [9.17, 15) is 9.18 Å². The van der Waals surface area contributed by atoms with Crippen LogP contribution in [0.25, 0.3) is 0 Å². The molecule has 1 saturated carbocycles. The number of aromatic carboxylic acids is 1. The highest BCUT2D eigenvalue weighted by Gasteiger charge is 2.19. The summed E-state index contributed by atoms with van der Waals surface area (Å²) >= 11 is 0. The van der Waals surface area contributed by atoms with Gasteiger partial charge < -0.3 is 10.4 Å². The van der Waals surface area contributed by atoms with Crippen molar-refractivity contribution in [1.82, 2.24) is 5.32 Å². The number of carboxylic acids is 1. The summed E-state index contributed by atoms with van der Waals surface area (Å²) in [7, 11) is 0. The molecule has 1 aromatic carbocycles. The second-order valence-electron chi connectivity index (χ2n) is 5.69. The van der Waals surface area contributed by atoms with Gasteiger partial charge in [-0.15, -0.1) is 0 Å². The van der Waals surface area contributed by atoms with Crippen LogP contribution in [0, 0.1) is 11.7 Å². The van der Waals surface area contributed by atoms with E-state index in [0.717, 1.165) is 5.56 Å².